The number of aromatic nitrogens is 1. The Labute approximate surface area is 183 Å². The van der Waals surface area contributed by atoms with E-state index >= 15 is 0 Å². The van der Waals surface area contributed by atoms with Crippen LogP contribution < -0.4 is 5.32 Å². The van der Waals surface area contributed by atoms with E-state index in [9.17, 15) is 9.59 Å². The molecular weight excluding hydrogens is 418 g/mol. The van der Waals surface area contributed by atoms with E-state index in [1.165, 1.54) is 24.8 Å². The van der Waals surface area contributed by atoms with Crippen LogP contribution in [0.2, 0.25) is 0 Å². The highest BCUT2D eigenvalue weighted by Gasteiger charge is 2.29. The van der Waals surface area contributed by atoms with Crippen LogP contribution in [0.4, 0.5) is 5.13 Å². The van der Waals surface area contributed by atoms with Crippen molar-refractivity contribution >= 4 is 34.1 Å². The first-order chi connectivity index (χ1) is 15.2. The van der Waals surface area contributed by atoms with E-state index in [0.717, 1.165) is 16.9 Å². The zero-order valence-electron chi connectivity index (χ0n) is 16.9. The van der Waals surface area contributed by atoms with Gasteiger partial charge in [-0.3, -0.25) is 14.9 Å². The predicted molar refractivity (Wildman–Crippen MR) is 117 cm³/mol. The van der Waals surface area contributed by atoms with Gasteiger partial charge < -0.3 is 13.9 Å². The Bertz CT molecular complexity index is 1070. The lowest BCUT2D eigenvalue weighted by Gasteiger charge is -2.20. The molecule has 8 nitrogen and oxygen atoms in total. The van der Waals surface area contributed by atoms with Gasteiger partial charge >= 0.3 is 0 Å². The van der Waals surface area contributed by atoms with Crippen LogP contribution in [0.5, 0.6) is 0 Å². The van der Waals surface area contributed by atoms with Crippen LogP contribution in [0, 0.1) is 5.92 Å². The Kier molecular flexibility index (Phi) is 6.54. The number of aliphatic imine (C=N–C) groups is 1. The molecule has 2 aliphatic rings. The standard InChI is InChI=1S/C22H21N3O5S/c1-2-14-8-13-30-21(14)23-9-5-17(26)24-22-25-18(16-4-3-10-29-16)20(31-22)19(27)15-6-11-28-12-7-15/h2-5,8-10,13,15H,6-7,11-12H2,1H3,(H,24,25,26)/b9-5+,14-2-,23-21+. The molecule has 0 radical (unpaired) electrons. The van der Waals surface area contributed by atoms with Crippen LogP contribution in [0.25, 0.3) is 11.5 Å². The number of amides is 1. The van der Waals surface area contributed by atoms with Crippen LogP contribution in [-0.2, 0) is 14.3 Å². The highest BCUT2D eigenvalue weighted by Crippen LogP contribution is 2.35. The molecule has 160 valence electrons. The summed E-state index contributed by atoms with van der Waals surface area (Å²) in [5.41, 5.74) is 1.28. The van der Waals surface area contributed by atoms with E-state index in [-0.39, 0.29) is 11.7 Å². The van der Waals surface area contributed by atoms with E-state index in [1.54, 1.807) is 18.2 Å². The molecule has 4 heterocycles. The number of nitrogens with zero attached hydrogens (tertiary/aromatic N) is 2. The summed E-state index contributed by atoms with van der Waals surface area (Å²) < 4.78 is 16.1. The van der Waals surface area contributed by atoms with E-state index in [1.807, 2.05) is 13.0 Å². The Balaban J connectivity index is 1.50. The first-order valence-corrected chi connectivity index (χ1v) is 10.7. The first kappa shape index (κ1) is 21.0. The van der Waals surface area contributed by atoms with Crippen molar-refractivity contribution in [1.29, 1.82) is 0 Å². The van der Waals surface area contributed by atoms with Crippen LogP contribution in [0.3, 0.4) is 0 Å². The number of nitrogens with one attached hydrogen (secondary N) is 1. The van der Waals surface area contributed by atoms with Crippen molar-refractivity contribution in [2.75, 3.05) is 18.5 Å². The number of furan rings is 1. The second-order valence-corrected chi connectivity index (χ2v) is 7.83. The number of ketones is 1. The summed E-state index contributed by atoms with van der Waals surface area (Å²) in [5.74, 6) is 0.369. The van der Waals surface area contributed by atoms with Crippen molar-refractivity contribution in [3.63, 3.8) is 0 Å². The molecule has 2 aromatic heterocycles. The number of Topliss-reactive ketones (excluding diaryl/α,β-unsaturated/α-hetero) is 1. The number of hydrogen-bond donors (Lipinski definition) is 1. The lowest BCUT2D eigenvalue weighted by molar-refractivity contribution is -0.111. The van der Waals surface area contributed by atoms with Gasteiger partial charge in [-0.25, -0.2) is 9.98 Å². The van der Waals surface area contributed by atoms with Gasteiger partial charge in [-0.15, -0.1) is 0 Å². The molecular formula is C22H21N3O5S. The maximum absolute atomic E-state index is 13.1. The number of rotatable bonds is 6. The predicted octanol–water partition coefficient (Wildman–Crippen LogP) is 4.35. The normalized spacial score (nSPS) is 19.4. The third-order valence-electron chi connectivity index (χ3n) is 4.83. The second kappa shape index (κ2) is 9.67. The summed E-state index contributed by atoms with van der Waals surface area (Å²) in [6.45, 7) is 3.01. The number of ether oxygens (including phenoxy) is 2. The van der Waals surface area contributed by atoms with Gasteiger partial charge in [-0.2, -0.15) is 0 Å². The molecule has 1 N–H and O–H groups in total. The van der Waals surface area contributed by atoms with Crippen LogP contribution in [0.15, 0.2) is 64.1 Å². The average Bonchev–Trinajstić information content (AvgIpc) is 3.54. The molecule has 2 aromatic rings. The Morgan fingerprint density at radius 2 is 2.16 bits per heavy atom. The molecule has 1 amide bonds. The summed E-state index contributed by atoms with van der Waals surface area (Å²) in [7, 11) is 0. The fourth-order valence-corrected chi connectivity index (χ4v) is 4.21. The zero-order chi connectivity index (χ0) is 21.6. The summed E-state index contributed by atoms with van der Waals surface area (Å²) >= 11 is 1.14. The smallest absolute Gasteiger partial charge is 0.251 e. The van der Waals surface area contributed by atoms with Gasteiger partial charge in [0.15, 0.2) is 16.7 Å². The van der Waals surface area contributed by atoms with Crippen molar-refractivity contribution in [1.82, 2.24) is 4.98 Å². The van der Waals surface area contributed by atoms with Crippen molar-refractivity contribution in [3.05, 3.63) is 59.5 Å². The van der Waals surface area contributed by atoms with Gasteiger partial charge in [0.05, 0.1) is 12.5 Å². The third kappa shape index (κ3) is 4.89. The third-order valence-corrected chi connectivity index (χ3v) is 5.82. The molecule has 1 saturated heterocycles. The molecule has 0 aromatic carbocycles. The number of anilines is 1. The molecule has 0 aliphatic carbocycles. The molecule has 0 spiro atoms. The monoisotopic (exact) mass is 439 g/mol. The van der Waals surface area contributed by atoms with Gasteiger partial charge in [0.1, 0.15) is 10.6 Å². The SMILES string of the molecule is C/C=C1/C=CO/C1=N/C=C/C(=O)Nc1nc(-c2ccco2)c(C(=O)C2CCOCC2)s1. The average molecular weight is 439 g/mol. The van der Waals surface area contributed by atoms with Crippen molar-refractivity contribution in [3.8, 4) is 11.5 Å². The fraction of sp³-hybridized carbons (Fsp3) is 0.273. The molecule has 0 atom stereocenters. The van der Waals surface area contributed by atoms with E-state index in [2.05, 4.69) is 15.3 Å². The molecule has 4 rings (SSSR count). The van der Waals surface area contributed by atoms with Crippen LogP contribution in [-0.4, -0.2) is 35.8 Å². The molecule has 0 bridgehead atoms. The van der Waals surface area contributed by atoms with Gasteiger partial charge in [-0.05, 0) is 38.0 Å². The van der Waals surface area contributed by atoms with E-state index in [4.69, 9.17) is 13.9 Å². The quantitative estimate of drug-likeness (QED) is 0.530. The van der Waals surface area contributed by atoms with Crippen molar-refractivity contribution in [2.24, 2.45) is 10.9 Å². The molecule has 31 heavy (non-hydrogen) atoms. The lowest BCUT2D eigenvalue weighted by atomic mass is 9.94. The van der Waals surface area contributed by atoms with E-state index < -0.39 is 5.91 Å². The summed E-state index contributed by atoms with van der Waals surface area (Å²) in [4.78, 5) is 34.5. The minimum atomic E-state index is -0.415. The fourth-order valence-electron chi connectivity index (χ4n) is 3.22. The summed E-state index contributed by atoms with van der Waals surface area (Å²) in [5, 5.41) is 3.01. The number of hydrogen-bond acceptors (Lipinski definition) is 8. The topological polar surface area (TPSA) is 103 Å². The highest BCUT2D eigenvalue weighted by atomic mass is 32.1. The number of carbonyl (C=O) groups excluding carboxylic acids is 2. The molecule has 0 saturated carbocycles. The number of carbonyl (C=O) groups is 2. The number of thiazole rings is 1. The molecule has 2 aliphatic heterocycles. The van der Waals surface area contributed by atoms with Crippen LogP contribution >= 0.6 is 11.3 Å². The van der Waals surface area contributed by atoms with E-state index in [0.29, 0.717) is 53.4 Å². The van der Waals surface area contributed by atoms with Gasteiger partial charge in [0, 0.05) is 37.0 Å². The molecule has 9 heteroatoms. The lowest BCUT2D eigenvalue weighted by Crippen LogP contribution is -2.23. The minimum absolute atomic E-state index is 0.000551. The first-order valence-electron chi connectivity index (χ1n) is 9.87. The molecule has 1 fully saturated rings. The van der Waals surface area contributed by atoms with Crippen LogP contribution in [0.1, 0.15) is 29.4 Å². The van der Waals surface area contributed by atoms with Gasteiger partial charge in [0.25, 0.3) is 5.91 Å². The number of allylic oxidation sites excluding steroid dienone is 1. The zero-order valence-corrected chi connectivity index (χ0v) is 17.7. The van der Waals surface area contributed by atoms with Crippen molar-refractivity contribution in [2.45, 2.75) is 19.8 Å². The Morgan fingerprint density at radius 1 is 1.32 bits per heavy atom. The second-order valence-electron chi connectivity index (χ2n) is 6.83. The van der Waals surface area contributed by atoms with Gasteiger partial charge in [-0.1, -0.05) is 17.4 Å². The summed E-state index contributed by atoms with van der Waals surface area (Å²) in [6, 6.07) is 3.47. The highest BCUT2D eigenvalue weighted by molar-refractivity contribution is 7.18. The minimum Gasteiger partial charge on any atom is -0.463 e. The van der Waals surface area contributed by atoms with Crippen molar-refractivity contribution < 1.29 is 23.5 Å². The Hall–Kier alpha value is -3.30. The maximum Gasteiger partial charge on any atom is 0.251 e. The summed E-state index contributed by atoms with van der Waals surface area (Å²) in [6.07, 6.45) is 10.7. The largest absolute Gasteiger partial charge is 0.463 e. The Morgan fingerprint density at radius 3 is 2.90 bits per heavy atom. The molecule has 0 unspecified atom stereocenters. The van der Waals surface area contributed by atoms with Gasteiger partial charge in [0.2, 0.25) is 5.90 Å². The maximum atomic E-state index is 13.1.